The average molecular weight is 301 g/mol. The molecule has 1 aromatic heterocycles. The number of rotatable bonds is 6. The van der Waals surface area contributed by atoms with Gasteiger partial charge in [-0.05, 0) is 37.4 Å². The zero-order valence-electron chi connectivity index (χ0n) is 11.9. The molecule has 1 aliphatic carbocycles. The van der Waals surface area contributed by atoms with E-state index in [1.807, 2.05) is 40.6 Å². The Bertz CT molecular complexity index is 607. The van der Waals surface area contributed by atoms with E-state index in [0.29, 0.717) is 18.2 Å². The summed E-state index contributed by atoms with van der Waals surface area (Å²) in [5, 5.41) is 2.77. The van der Waals surface area contributed by atoms with Crippen molar-refractivity contribution in [1.29, 1.82) is 0 Å². The molecule has 0 bridgehead atoms. The number of carbonyl (C=O) groups excluding carboxylic acids is 1. The van der Waals surface area contributed by atoms with Crippen molar-refractivity contribution in [2.24, 2.45) is 11.7 Å². The van der Waals surface area contributed by atoms with Crippen molar-refractivity contribution >= 4 is 22.9 Å². The molecule has 1 amide bonds. The first-order valence-corrected chi connectivity index (χ1v) is 8.17. The molecule has 1 fully saturated rings. The molecule has 0 aliphatic heterocycles. The Morgan fingerprint density at radius 3 is 2.76 bits per heavy atom. The normalized spacial score (nSPS) is 14.1. The topological polar surface area (TPSA) is 59.2 Å². The Morgan fingerprint density at radius 2 is 2.10 bits per heavy atom. The number of benzene rings is 1. The molecule has 110 valence electrons. The van der Waals surface area contributed by atoms with Gasteiger partial charge in [0.25, 0.3) is 5.91 Å². The molecule has 0 radical (unpaired) electrons. The number of anilines is 1. The standard InChI is InChI=1S/C16H19N3OS/c17-9-8-15-18-14(11-21-15)16(20)19(10-12-6-7-12)13-4-2-1-3-5-13/h1-5,11-12H,6-10,17H2. The fourth-order valence-electron chi connectivity index (χ4n) is 2.26. The maximum atomic E-state index is 12.8. The van der Waals surface area contributed by atoms with Gasteiger partial charge in [0.1, 0.15) is 5.69 Å². The number of amides is 1. The van der Waals surface area contributed by atoms with Gasteiger partial charge in [-0.2, -0.15) is 0 Å². The summed E-state index contributed by atoms with van der Waals surface area (Å²) in [6, 6.07) is 9.85. The molecule has 4 nitrogen and oxygen atoms in total. The predicted molar refractivity (Wildman–Crippen MR) is 85.7 cm³/mol. The van der Waals surface area contributed by atoms with E-state index in [0.717, 1.165) is 23.7 Å². The van der Waals surface area contributed by atoms with Crippen LogP contribution >= 0.6 is 11.3 Å². The third-order valence-corrected chi connectivity index (χ3v) is 4.49. The van der Waals surface area contributed by atoms with Crippen molar-refractivity contribution in [3.63, 3.8) is 0 Å². The van der Waals surface area contributed by atoms with Crippen molar-refractivity contribution < 1.29 is 4.79 Å². The van der Waals surface area contributed by atoms with Crippen molar-refractivity contribution in [1.82, 2.24) is 4.98 Å². The van der Waals surface area contributed by atoms with Gasteiger partial charge in [0.15, 0.2) is 0 Å². The van der Waals surface area contributed by atoms with E-state index in [4.69, 9.17) is 5.73 Å². The summed E-state index contributed by atoms with van der Waals surface area (Å²) in [6.07, 6.45) is 3.16. The van der Waals surface area contributed by atoms with E-state index in [2.05, 4.69) is 4.98 Å². The summed E-state index contributed by atoms with van der Waals surface area (Å²) in [4.78, 5) is 19.0. The van der Waals surface area contributed by atoms with Gasteiger partial charge in [-0.25, -0.2) is 4.98 Å². The van der Waals surface area contributed by atoms with Gasteiger partial charge in [-0.15, -0.1) is 11.3 Å². The molecule has 2 N–H and O–H groups in total. The molecule has 5 heteroatoms. The first kappa shape index (κ1) is 14.2. The van der Waals surface area contributed by atoms with Gasteiger partial charge in [-0.1, -0.05) is 18.2 Å². The molecule has 1 aromatic carbocycles. The summed E-state index contributed by atoms with van der Waals surface area (Å²) in [5.74, 6) is 0.629. The minimum absolute atomic E-state index is 0.00683. The van der Waals surface area contributed by atoms with Gasteiger partial charge in [0, 0.05) is 24.0 Å². The molecule has 21 heavy (non-hydrogen) atoms. The quantitative estimate of drug-likeness (QED) is 0.892. The lowest BCUT2D eigenvalue weighted by molar-refractivity contribution is 0.0981. The summed E-state index contributed by atoms with van der Waals surface area (Å²) >= 11 is 1.51. The first-order valence-electron chi connectivity index (χ1n) is 7.29. The summed E-state index contributed by atoms with van der Waals surface area (Å²) in [6.45, 7) is 1.35. The zero-order chi connectivity index (χ0) is 14.7. The number of nitrogens with two attached hydrogens (primary N) is 1. The van der Waals surface area contributed by atoms with Crippen LogP contribution < -0.4 is 10.6 Å². The molecule has 0 unspecified atom stereocenters. The van der Waals surface area contributed by atoms with Crippen molar-refractivity contribution in [2.45, 2.75) is 19.3 Å². The second kappa shape index (κ2) is 6.37. The lowest BCUT2D eigenvalue weighted by Gasteiger charge is -2.21. The number of aromatic nitrogens is 1. The van der Waals surface area contributed by atoms with E-state index >= 15 is 0 Å². The van der Waals surface area contributed by atoms with Crippen LogP contribution in [0.25, 0.3) is 0 Å². The Hall–Kier alpha value is -1.72. The molecule has 0 saturated heterocycles. The van der Waals surface area contributed by atoms with Crippen LogP contribution in [0, 0.1) is 5.92 Å². The smallest absolute Gasteiger partial charge is 0.277 e. The number of hydrogen-bond acceptors (Lipinski definition) is 4. The molecule has 1 aliphatic rings. The first-order chi connectivity index (χ1) is 10.3. The highest BCUT2D eigenvalue weighted by Crippen LogP contribution is 2.32. The van der Waals surface area contributed by atoms with Crippen molar-refractivity contribution in [3.8, 4) is 0 Å². The maximum absolute atomic E-state index is 12.8. The van der Waals surface area contributed by atoms with Gasteiger partial charge < -0.3 is 10.6 Å². The van der Waals surface area contributed by atoms with Crippen LogP contribution in [-0.2, 0) is 6.42 Å². The maximum Gasteiger partial charge on any atom is 0.277 e. The predicted octanol–water partition coefficient (Wildman–Crippen LogP) is 2.70. The van der Waals surface area contributed by atoms with E-state index < -0.39 is 0 Å². The molecule has 3 rings (SSSR count). The summed E-state index contributed by atoms with van der Waals surface area (Å²) in [5.41, 5.74) is 7.02. The Balaban J connectivity index is 1.82. The minimum atomic E-state index is -0.00683. The van der Waals surface area contributed by atoms with Gasteiger partial charge in [0.2, 0.25) is 0 Å². The number of hydrogen-bond donors (Lipinski definition) is 1. The Kier molecular flexibility index (Phi) is 4.31. The van der Waals surface area contributed by atoms with Crippen LogP contribution in [0.3, 0.4) is 0 Å². The monoisotopic (exact) mass is 301 g/mol. The highest BCUT2D eigenvalue weighted by atomic mass is 32.1. The largest absolute Gasteiger partial charge is 0.330 e. The number of para-hydroxylation sites is 1. The van der Waals surface area contributed by atoms with Crippen LogP contribution in [0.2, 0.25) is 0 Å². The molecule has 0 atom stereocenters. The Morgan fingerprint density at radius 1 is 1.33 bits per heavy atom. The average Bonchev–Trinajstić information content (AvgIpc) is 3.22. The molecular weight excluding hydrogens is 282 g/mol. The lowest BCUT2D eigenvalue weighted by Crippen LogP contribution is -2.33. The van der Waals surface area contributed by atoms with Crippen LogP contribution in [0.4, 0.5) is 5.69 Å². The number of nitrogens with zero attached hydrogens (tertiary/aromatic N) is 2. The van der Waals surface area contributed by atoms with Crippen LogP contribution in [0.15, 0.2) is 35.7 Å². The van der Waals surface area contributed by atoms with Gasteiger partial charge in [-0.3, -0.25) is 4.79 Å². The van der Waals surface area contributed by atoms with Crippen LogP contribution in [0.5, 0.6) is 0 Å². The zero-order valence-corrected chi connectivity index (χ0v) is 12.7. The van der Waals surface area contributed by atoms with Gasteiger partial charge >= 0.3 is 0 Å². The van der Waals surface area contributed by atoms with E-state index in [1.165, 1.54) is 24.2 Å². The van der Waals surface area contributed by atoms with E-state index in [9.17, 15) is 4.79 Å². The molecule has 1 heterocycles. The third kappa shape index (κ3) is 3.49. The number of carbonyl (C=O) groups is 1. The molecule has 2 aromatic rings. The third-order valence-electron chi connectivity index (χ3n) is 3.58. The highest BCUT2D eigenvalue weighted by Gasteiger charge is 2.29. The summed E-state index contributed by atoms with van der Waals surface area (Å²) in [7, 11) is 0. The van der Waals surface area contributed by atoms with Crippen LogP contribution in [0.1, 0.15) is 28.3 Å². The second-order valence-corrected chi connectivity index (χ2v) is 6.30. The highest BCUT2D eigenvalue weighted by molar-refractivity contribution is 7.09. The Labute approximate surface area is 128 Å². The van der Waals surface area contributed by atoms with Crippen molar-refractivity contribution in [2.75, 3.05) is 18.0 Å². The van der Waals surface area contributed by atoms with E-state index in [-0.39, 0.29) is 5.91 Å². The lowest BCUT2D eigenvalue weighted by atomic mass is 10.2. The summed E-state index contributed by atoms with van der Waals surface area (Å²) < 4.78 is 0. The minimum Gasteiger partial charge on any atom is -0.330 e. The van der Waals surface area contributed by atoms with Crippen molar-refractivity contribution in [3.05, 3.63) is 46.4 Å². The van der Waals surface area contributed by atoms with Gasteiger partial charge in [0.05, 0.1) is 5.01 Å². The molecule has 1 saturated carbocycles. The SMILES string of the molecule is NCCc1nc(C(=O)N(CC2CC2)c2ccccc2)cs1. The fourth-order valence-corrected chi connectivity index (χ4v) is 3.05. The number of thiazole rings is 1. The van der Waals surface area contributed by atoms with E-state index in [1.54, 1.807) is 0 Å². The fraction of sp³-hybridized carbons (Fsp3) is 0.375. The molecule has 0 spiro atoms. The van der Waals surface area contributed by atoms with Crippen LogP contribution in [-0.4, -0.2) is 24.0 Å². The second-order valence-electron chi connectivity index (χ2n) is 5.36. The molecular formula is C16H19N3OS.